The van der Waals surface area contributed by atoms with Crippen molar-refractivity contribution in [3.05, 3.63) is 0 Å². The summed E-state index contributed by atoms with van der Waals surface area (Å²) in [5.41, 5.74) is -2.27. The van der Waals surface area contributed by atoms with E-state index in [0.717, 1.165) is 74.5 Å². The van der Waals surface area contributed by atoms with Crippen LogP contribution in [0, 0.1) is 74.9 Å². The first-order valence-electron chi connectivity index (χ1n) is 31.9. The van der Waals surface area contributed by atoms with Crippen LogP contribution in [0.25, 0.3) is 0 Å². The molecule has 8 aliphatic carbocycles. The van der Waals surface area contributed by atoms with Crippen molar-refractivity contribution in [3.8, 4) is 0 Å². The lowest BCUT2D eigenvalue weighted by Gasteiger charge is -2.47. The fourth-order valence-electron chi connectivity index (χ4n) is 15.1. The number of fused-ring (bicyclic) bond motifs is 9. The predicted molar refractivity (Wildman–Crippen MR) is 361 cm³/mol. The molecule has 8 aliphatic rings. The van der Waals surface area contributed by atoms with Crippen LogP contribution in [0.4, 0.5) is 0 Å². The van der Waals surface area contributed by atoms with E-state index in [1.165, 1.54) is 141 Å². The van der Waals surface area contributed by atoms with Crippen LogP contribution in [-0.4, -0.2) is 46.3 Å². The van der Waals surface area contributed by atoms with Gasteiger partial charge in [-0.05, 0) is 259 Å². The van der Waals surface area contributed by atoms with Crippen molar-refractivity contribution in [2.45, 2.75) is 386 Å². The molecule has 8 saturated carbocycles. The van der Waals surface area contributed by atoms with Crippen LogP contribution in [0.15, 0.2) is 0 Å². The molecule has 8 nitrogen and oxygen atoms in total. The van der Waals surface area contributed by atoms with Crippen molar-refractivity contribution in [2.75, 3.05) is 0 Å². The molecule has 0 N–H and O–H groups in total. The monoisotopic (exact) mass is 1180 g/mol. The molecule has 7 unspecified atom stereocenters. The first-order chi connectivity index (χ1) is 34.9. The van der Waals surface area contributed by atoms with Gasteiger partial charge in [0.25, 0.3) is 0 Å². The Morgan fingerprint density at radius 2 is 0.723 bits per heavy atom. The summed E-state index contributed by atoms with van der Waals surface area (Å²) in [6.07, 6.45) is 35.1. The maximum atomic E-state index is 12.8. The number of hydrogen-bond donors (Lipinski definition) is 0. The van der Waals surface area contributed by atoms with Gasteiger partial charge in [-0.2, -0.15) is 0 Å². The Morgan fingerprint density at radius 1 is 0.386 bits per heavy atom. The zero-order valence-corrected chi connectivity index (χ0v) is 52.0. The molecule has 4 bridgehead atoms. The van der Waals surface area contributed by atoms with Crippen molar-refractivity contribution in [3.63, 3.8) is 0 Å². The third-order valence-electron chi connectivity index (χ3n) is 22.5. The van der Waals surface area contributed by atoms with Gasteiger partial charge in [0.15, 0.2) is 0 Å². The fraction of sp³-hybridized carbons (Fsp3) is 0.947. The van der Waals surface area contributed by atoms with Crippen molar-refractivity contribution < 1.29 is 38.1 Å². The number of ether oxygens (including phenoxy) is 4. The van der Waals surface area contributed by atoms with Crippen LogP contribution < -0.4 is 0 Å². The van der Waals surface area contributed by atoms with E-state index in [9.17, 15) is 19.2 Å². The molecule has 0 saturated heterocycles. The van der Waals surface area contributed by atoms with Gasteiger partial charge in [0.1, 0.15) is 22.4 Å². The highest BCUT2D eigenvalue weighted by molar-refractivity contribution is 5.77. The normalized spacial score (nSPS) is 26.5. The van der Waals surface area contributed by atoms with E-state index in [1.54, 1.807) is 0 Å². The molecule has 0 amide bonds. The van der Waals surface area contributed by atoms with Gasteiger partial charge in [-0.1, -0.05) is 151 Å². The zero-order chi connectivity index (χ0) is 55.8. The Bertz CT molecular complexity index is 1820. The summed E-state index contributed by atoms with van der Waals surface area (Å²) in [5.74, 6) is 6.98. The summed E-state index contributed by atoms with van der Waals surface area (Å²) in [4.78, 5) is 49.4. The van der Waals surface area contributed by atoms with Gasteiger partial charge in [-0.3, -0.25) is 19.2 Å². The quantitative estimate of drug-likeness (QED) is 0.0907. The van der Waals surface area contributed by atoms with Crippen molar-refractivity contribution in [1.82, 2.24) is 0 Å². The summed E-state index contributed by atoms with van der Waals surface area (Å²) in [7, 11) is 0. The Balaban J connectivity index is -0.000000491. The molecule has 0 aromatic carbocycles. The minimum absolute atomic E-state index is 0. The number of esters is 4. The second kappa shape index (κ2) is 35.8. The summed E-state index contributed by atoms with van der Waals surface area (Å²) >= 11 is 0. The molecule has 7 atom stereocenters. The first kappa shape index (κ1) is 87.3. The van der Waals surface area contributed by atoms with E-state index >= 15 is 0 Å². The van der Waals surface area contributed by atoms with Crippen LogP contribution in [0.1, 0.15) is 363 Å². The highest BCUT2D eigenvalue weighted by Crippen LogP contribution is 2.70. The van der Waals surface area contributed by atoms with Gasteiger partial charge < -0.3 is 18.9 Å². The van der Waals surface area contributed by atoms with Crippen molar-refractivity contribution in [1.29, 1.82) is 0 Å². The molecule has 0 heterocycles. The molecule has 8 rings (SSSR count). The van der Waals surface area contributed by atoms with Gasteiger partial charge in [-0.15, -0.1) is 0 Å². The van der Waals surface area contributed by atoms with Gasteiger partial charge in [-0.25, -0.2) is 0 Å². The minimum atomic E-state index is -0.357. The molecule has 8 heteroatoms. The molecule has 0 aliphatic heterocycles. The van der Waals surface area contributed by atoms with Crippen LogP contribution in [0.5, 0.6) is 0 Å². The second-order valence-electron chi connectivity index (χ2n) is 29.9. The number of carbonyl (C=O) groups excluding carboxylic acids is 4. The van der Waals surface area contributed by atoms with Crippen LogP contribution in [0.2, 0.25) is 0 Å². The van der Waals surface area contributed by atoms with Crippen LogP contribution in [-0.2, 0) is 38.1 Å². The molecule has 83 heavy (non-hydrogen) atoms. The Hall–Kier alpha value is -2.12. The van der Waals surface area contributed by atoms with E-state index in [4.69, 9.17) is 18.9 Å². The van der Waals surface area contributed by atoms with E-state index in [2.05, 4.69) is 48.5 Å². The summed E-state index contributed by atoms with van der Waals surface area (Å²) in [5, 5.41) is 0. The summed E-state index contributed by atoms with van der Waals surface area (Å²) in [6, 6.07) is 0. The first-order valence-corrected chi connectivity index (χ1v) is 31.9. The molecule has 8 fully saturated rings. The van der Waals surface area contributed by atoms with E-state index in [1.807, 2.05) is 69.2 Å². The number of hydrogen-bond acceptors (Lipinski definition) is 8. The maximum Gasteiger partial charge on any atom is 0.312 e. The Labute approximate surface area is 520 Å². The third-order valence-corrected chi connectivity index (χ3v) is 22.5. The highest BCUT2D eigenvalue weighted by Gasteiger charge is 2.67. The molecule has 0 aromatic rings. The number of carbonyl (C=O) groups is 4. The lowest BCUT2D eigenvalue weighted by molar-refractivity contribution is -0.187. The lowest BCUT2D eigenvalue weighted by atomic mass is 9.66. The molecule has 498 valence electrons. The third kappa shape index (κ3) is 21.6. The largest absolute Gasteiger partial charge is 0.459 e. The maximum absolute atomic E-state index is 12.8. The Kier molecular flexibility index (Phi) is 37.6. The van der Waals surface area contributed by atoms with Gasteiger partial charge in [0, 0.05) is 5.92 Å². The lowest BCUT2D eigenvalue weighted by Crippen LogP contribution is -2.49. The predicted octanol–water partition coefficient (Wildman–Crippen LogP) is 23.4. The SMILES string of the molecule is C.C.C.C.C.C.C.C.CCC(C)(C)C(=O)OC(C)(C)C1CCCCC1.CCC(C)(C)C(=O)OC(C)(C1CCCCC1)C1CCCCC1.CCC(C)(C)C(=O)OC1(C)CC2CC1C1C3CCC(C3)C21.CCC(C)(C)C(=O)OC1(C)CCCCC1. The molecule has 0 spiro atoms. The van der Waals surface area contributed by atoms with E-state index < -0.39 is 0 Å². The highest BCUT2D eigenvalue weighted by atomic mass is 16.6. The van der Waals surface area contributed by atoms with Gasteiger partial charge in [0.05, 0.1) is 21.7 Å². The summed E-state index contributed by atoms with van der Waals surface area (Å²) < 4.78 is 24.0. The average Bonchev–Trinajstić information content (AvgIpc) is 4.19. The molecular weight excluding hydrogens is 1030 g/mol. The second-order valence-corrected chi connectivity index (χ2v) is 29.9. The van der Waals surface area contributed by atoms with E-state index in [0.29, 0.717) is 23.7 Å². The van der Waals surface area contributed by atoms with Gasteiger partial charge >= 0.3 is 23.9 Å². The van der Waals surface area contributed by atoms with E-state index in [-0.39, 0.29) is 127 Å². The van der Waals surface area contributed by atoms with Crippen molar-refractivity contribution in [2.24, 2.45) is 74.9 Å². The molecule has 0 radical (unpaired) electrons. The molecule has 0 aromatic heterocycles. The number of rotatable bonds is 15. The topological polar surface area (TPSA) is 105 Å². The standard InChI is InChI=1S/C20H36O2.C19H30O2.C15H28O2.C13H24O2.8CH4/c1-5-19(2,3)18(21)22-20(4,16-12-8-6-9-13-16)17-14-10-7-11-15-17;1-5-18(2,3)17(20)21-19(4)10-13-9-14(19)16-12-7-6-11(8-12)15(13)16;1-6-14(2,3)13(16)17-15(4,5)12-10-8-7-9-11-12;1-5-12(2,3)11(14)15-13(4)9-7-6-8-10-13;;;;;;;;/h16-17H,5-15H2,1-4H3;11-16H,5-10H2,1-4H3;12H,6-11H2,1-5H3;5-10H2,1-4H3;8*1H4. The molecular formula is C75H150O8. The van der Waals surface area contributed by atoms with Crippen LogP contribution in [0.3, 0.4) is 0 Å². The van der Waals surface area contributed by atoms with Gasteiger partial charge in [0.2, 0.25) is 0 Å². The Morgan fingerprint density at radius 3 is 1.12 bits per heavy atom. The smallest absolute Gasteiger partial charge is 0.312 e. The van der Waals surface area contributed by atoms with Crippen LogP contribution >= 0.6 is 0 Å². The summed E-state index contributed by atoms with van der Waals surface area (Å²) in [6.45, 7) is 34.9. The fourth-order valence-corrected chi connectivity index (χ4v) is 15.1. The minimum Gasteiger partial charge on any atom is -0.459 e. The van der Waals surface area contributed by atoms with Crippen molar-refractivity contribution >= 4 is 23.9 Å². The zero-order valence-electron chi connectivity index (χ0n) is 52.0. The average molecular weight is 1180 g/mol.